The fourth-order valence-electron chi connectivity index (χ4n) is 1.50. The molecule has 18 heavy (non-hydrogen) atoms. The van der Waals surface area contributed by atoms with Crippen LogP contribution in [0.15, 0.2) is 16.3 Å². The van der Waals surface area contributed by atoms with Crippen molar-refractivity contribution < 1.29 is 8.42 Å². The van der Waals surface area contributed by atoms with Gasteiger partial charge in [0.15, 0.2) is 0 Å². The van der Waals surface area contributed by atoms with Crippen LogP contribution in [0.2, 0.25) is 0 Å². The Morgan fingerprint density at radius 3 is 2.72 bits per heavy atom. The molecule has 0 bridgehead atoms. The number of hydrogen-bond acceptors (Lipinski definition) is 3. The van der Waals surface area contributed by atoms with Gasteiger partial charge in [-0.05, 0) is 37.3 Å². The van der Waals surface area contributed by atoms with E-state index in [9.17, 15) is 8.42 Å². The van der Waals surface area contributed by atoms with Gasteiger partial charge in [0.25, 0.3) is 0 Å². The van der Waals surface area contributed by atoms with Gasteiger partial charge in [-0.3, -0.25) is 0 Å². The lowest BCUT2D eigenvalue weighted by molar-refractivity contribution is 0.544. The van der Waals surface area contributed by atoms with Gasteiger partial charge >= 0.3 is 0 Å². The number of aryl methyl sites for hydroxylation is 1. The molecule has 1 rings (SSSR count). The van der Waals surface area contributed by atoms with Gasteiger partial charge in [0.05, 0.1) is 0 Å². The largest absolute Gasteiger partial charge is 0.250 e. The first kappa shape index (κ1) is 16.0. The third-order valence-electron chi connectivity index (χ3n) is 2.68. The Bertz CT molecular complexity index is 456. The summed E-state index contributed by atoms with van der Waals surface area (Å²) in [5.74, 6) is 1.06. The third-order valence-corrected chi connectivity index (χ3v) is 6.39. The minimum Gasteiger partial charge on any atom is -0.210 e. The number of nitrogens with one attached hydrogen (secondary N) is 1. The molecule has 0 aliphatic rings. The van der Waals surface area contributed by atoms with Crippen LogP contribution in [0.25, 0.3) is 0 Å². The lowest BCUT2D eigenvalue weighted by Crippen LogP contribution is -2.24. The molecule has 1 aromatic heterocycles. The van der Waals surface area contributed by atoms with Crippen molar-refractivity contribution in [3.63, 3.8) is 0 Å². The van der Waals surface area contributed by atoms with E-state index in [1.165, 1.54) is 11.3 Å². The molecule has 0 radical (unpaired) electrons. The minimum atomic E-state index is -3.32. The normalized spacial score (nSPS) is 13.7. The lowest BCUT2D eigenvalue weighted by atomic mass is 10.1. The fraction of sp³-hybridized carbons (Fsp3) is 0.667. The first-order chi connectivity index (χ1) is 8.49. The van der Waals surface area contributed by atoms with E-state index >= 15 is 0 Å². The van der Waals surface area contributed by atoms with E-state index in [2.05, 4.69) is 11.6 Å². The van der Waals surface area contributed by atoms with Crippen LogP contribution in [0.1, 0.15) is 31.6 Å². The summed E-state index contributed by atoms with van der Waals surface area (Å²) in [7, 11) is -3.32. The molecule has 0 fully saturated rings. The summed E-state index contributed by atoms with van der Waals surface area (Å²) in [5.41, 5.74) is 0. The minimum absolute atomic E-state index is 0.407. The number of alkyl halides is 1. The predicted octanol–water partition coefficient (Wildman–Crippen LogP) is 3.24. The maximum Gasteiger partial charge on any atom is 0.250 e. The van der Waals surface area contributed by atoms with Gasteiger partial charge in [0.2, 0.25) is 10.0 Å². The highest BCUT2D eigenvalue weighted by molar-refractivity contribution is 7.91. The highest BCUT2D eigenvalue weighted by Gasteiger charge is 2.15. The van der Waals surface area contributed by atoms with Crippen LogP contribution in [-0.2, 0) is 16.4 Å². The number of hydrogen-bond donors (Lipinski definition) is 1. The smallest absolute Gasteiger partial charge is 0.210 e. The van der Waals surface area contributed by atoms with Crippen molar-refractivity contribution in [2.24, 2.45) is 5.92 Å². The highest BCUT2D eigenvalue weighted by Crippen LogP contribution is 2.21. The Kier molecular flexibility index (Phi) is 6.63. The van der Waals surface area contributed by atoms with E-state index in [-0.39, 0.29) is 0 Å². The molecule has 0 aliphatic heterocycles. The second-order valence-corrected chi connectivity index (χ2v) is 7.84. The van der Waals surface area contributed by atoms with Gasteiger partial charge in [-0.2, -0.15) is 0 Å². The van der Waals surface area contributed by atoms with Gasteiger partial charge in [-0.1, -0.05) is 13.8 Å². The van der Waals surface area contributed by atoms with E-state index in [0.29, 0.717) is 22.6 Å². The summed E-state index contributed by atoms with van der Waals surface area (Å²) in [4.78, 5) is 1.09. The zero-order valence-electron chi connectivity index (χ0n) is 10.8. The molecule has 6 heteroatoms. The average Bonchev–Trinajstić information content (AvgIpc) is 2.83. The molecule has 1 unspecified atom stereocenters. The van der Waals surface area contributed by atoms with E-state index in [4.69, 9.17) is 11.6 Å². The van der Waals surface area contributed by atoms with Crippen molar-refractivity contribution in [1.82, 2.24) is 4.72 Å². The summed E-state index contributed by atoms with van der Waals surface area (Å²) in [6, 6.07) is 3.54. The molecule has 0 saturated carbocycles. The molecular formula is C12H20ClNO2S2. The summed E-state index contributed by atoms with van der Waals surface area (Å²) in [5, 5.41) is 0. The molecule has 3 nitrogen and oxygen atoms in total. The van der Waals surface area contributed by atoms with E-state index in [1.54, 1.807) is 6.07 Å². The summed E-state index contributed by atoms with van der Waals surface area (Å²) in [6.45, 7) is 4.56. The third kappa shape index (κ3) is 4.88. The Morgan fingerprint density at radius 2 is 2.17 bits per heavy atom. The molecule has 0 aliphatic carbocycles. The fourth-order valence-corrected chi connectivity index (χ4v) is 4.07. The monoisotopic (exact) mass is 309 g/mol. The van der Waals surface area contributed by atoms with Gasteiger partial charge in [0.1, 0.15) is 4.21 Å². The molecule has 1 N–H and O–H groups in total. The van der Waals surface area contributed by atoms with Gasteiger partial charge in [-0.25, -0.2) is 13.1 Å². The van der Waals surface area contributed by atoms with Crippen LogP contribution in [0.5, 0.6) is 0 Å². The molecule has 0 amide bonds. The van der Waals surface area contributed by atoms with Crippen LogP contribution in [0.3, 0.4) is 0 Å². The molecule has 1 atom stereocenters. The second kappa shape index (κ2) is 7.48. The average molecular weight is 310 g/mol. The first-order valence-electron chi connectivity index (χ1n) is 6.14. The van der Waals surface area contributed by atoms with Crippen molar-refractivity contribution in [2.75, 3.05) is 12.4 Å². The molecule has 0 aromatic carbocycles. The summed E-state index contributed by atoms with van der Waals surface area (Å²) >= 11 is 7.04. The molecule has 104 valence electrons. The zero-order chi connectivity index (χ0) is 13.6. The van der Waals surface area contributed by atoms with E-state index in [1.807, 2.05) is 13.0 Å². The van der Waals surface area contributed by atoms with Gasteiger partial charge in [0, 0.05) is 17.3 Å². The topological polar surface area (TPSA) is 46.2 Å². The number of halogens is 1. The van der Waals surface area contributed by atoms with Crippen LogP contribution in [0.4, 0.5) is 0 Å². The molecular weight excluding hydrogens is 290 g/mol. The number of rotatable bonds is 8. The Labute approximate surface area is 119 Å². The van der Waals surface area contributed by atoms with E-state index in [0.717, 1.165) is 24.1 Å². The lowest BCUT2D eigenvalue weighted by Gasteiger charge is -2.07. The zero-order valence-corrected chi connectivity index (χ0v) is 13.2. The van der Waals surface area contributed by atoms with Crippen molar-refractivity contribution in [1.29, 1.82) is 0 Å². The van der Waals surface area contributed by atoms with Crippen molar-refractivity contribution >= 4 is 33.0 Å². The Balaban J connectivity index is 2.45. The van der Waals surface area contributed by atoms with Crippen molar-refractivity contribution in [3.05, 3.63) is 17.0 Å². The molecule has 1 heterocycles. The van der Waals surface area contributed by atoms with Gasteiger partial charge < -0.3 is 0 Å². The second-order valence-electron chi connectivity index (χ2n) is 4.37. The Hall–Kier alpha value is -0.100. The summed E-state index contributed by atoms with van der Waals surface area (Å²) in [6.07, 6.45) is 2.63. The molecule has 0 saturated heterocycles. The van der Waals surface area contributed by atoms with Crippen molar-refractivity contribution in [2.45, 2.75) is 37.3 Å². The number of thiophene rings is 1. The predicted molar refractivity (Wildman–Crippen MR) is 78.0 cm³/mol. The maximum atomic E-state index is 11.9. The van der Waals surface area contributed by atoms with Crippen LogP contribution in [-0.4, -0.2) is 20.8 Å². The van der Waals surface area contributed by atoms with E-state index < -0.39 is 10.0 Å². The van der Waals surface area contributed by atoms with Crippen LogP contribution >= 0.6 is 22.9 Å². The highest BCUT2D eigenvalue weighted by atomic mass is 35.5. The molecule has 0 spiro atoms. The Morgan fingerprint density at radius 1 is 1.44 bits per heavy atom. The SMILES string of the molecule is CCc1ccc(S(=O)(=O)NCCCC(C)CCl)s1. The molecule has 1 aromatic rings. The van der Waals surface area contributed by atoms with Crippen molar-refractivity contribution in [3.8, 4) is 0 Å². The van der Waals surface area contributed by atoms with Crippen LogP contribution < -0.4 is 4.72 Å². The van der Waals surface area contributed by atoms with Gasteiger partial charge in [-0.15, -0.1) is 22.9 Å². The van der Waals surface area contributed by atoms with Crippen LogP contribution in [0, 0.1) is 5.92 Å². The quantitative estimate of drug-likeness (QED) is 0.592. The summed E-state index contributed by atoms with van der Waals surface area (Å²) < 4.78 is 26.9. The standard InChI is InChI=1S/C12H20ClNO2S2/c1-3-11-6-7-12(17-11)18(15,16)14-8-4-5-10(2)9-13/h6-7,10,14H,3-5,8-9H2,1-2H3. The number of sulfonamides is 1. The maximum absolute atomic E-state index is 11.9. The first-order valence-corrected chi connectivity index (χ1v) is 8.97.